The molecule has 0 spiro atoms. The van der Waals surface area contributed by atoms with Crippen molar-refractivity contribution in [3.05, 3.63) is 24.3 Å². The van der Waals surface area contributed by atoms with Gasteiger partial charge in [0.15, 0.2) is 0 Å². The van der Waals surface area contributed by atoms with Crippen LogP contribution in [0.25, 0.3) is 0 Å². The van der Waals surface area contributed by atoms with Crippen molar-refractivity contribution >= 4 is 11.9 Å². The maximum absolute atomic E-state index is 13.0. The SMILES string of the molecule is CCCCCCCCCCOC(=O)CCCCCCC/C=C\CC(CCCCCC)C(C)(C)OC(=O)CCCCCCC/C=C\CC(CCCCCC)OC(C)C. The summed E-state index contributed by atoms with van der Waals surface area (Å²) in [7, 11) is 0. The highest BCUT2D eigenvalue weighted by Gasteiger charge is 2.32. The summed E-state index contributed by atoms with van der Waals surface area (Å²) in [6.45, 7) is 15.9. The Morgan fingerprint density at radius 2 is 0.930 bits per heavy atom. The fraction of sp³-hybridized carbons (Fsp3) is 0.885. The molecule has 0 N–H and O–H groups in total. The second-order valence-corrected chi connectivity index (χ2v) is 18.0. The van der Waals surface area contributed by atoms with Crippen LogP contribution in [-0.4, -0.2) is 36.4 Å². The van der Waals surface area contributed by atoms with Crippen LogP contribution in [0.4, 0.5) is 0 Å². The Morgan fingerprint density at radius 1 is 0.491 bits per heavy atom. The van der Waals surface area contributed by atoms with Crippen LogP contribution in [0.1, 0.15) is 267 Å². The smallest absolute Gasteiger partial charge is 0.306 e. The molecule has 0 saturated carbocycles. The number of rotatable bonds is 43. The number of carbonyl (C=O) groups is 2. The molecule has 336 valence electrons. The van der Waals surface area contributed by atoms with E-state index in [1.54, 1.807) is 0 Å². The zero-order valence-electron chi connectivity index (χ0n) is 39.3. The summed E-state index contributed by atoms with van der Waals surface area (Å²) in [6.07, 6.45) is 49.0. The van der Waals surface area contributed by atoms with Crippen molar-refractivity contribution < 1.29 is 23.8 Å². The zero-order chi connectivity index (χ0) is 42.1. The van der Waals surface area contributed by atoms with E-state index in [0.29, 0.717) is 37.6 Å². The van der Waals surface area contributed by atoms with Gasteiger partial charge in [-0.15, -0.1) is 0 Å². The van der Waals surface area contributed by atoms with Crippen LogP contribution in [0.3, 0.4) is 0 Å². The minimum absolute atomic E-state index is 0.0195. The first-order valence-corrected chi connectivity index (χ1v) is 25.0. The maximum Gasteiger partial charge on any atom is 0.306 e. The third kappa shape index (κ3) is 38.3. The fourth-order valence-corrected chi connectivity index (χ4v) is 7.78. The van der Waals surface area contributed by atoms with Crippen LogP contribution in [0, 0.1) is 5.92 Å². The first-order chi connectivity index (χ1) is 27.7. The third-order valence-electron chi connectivity index (χ3n) is 11.5. The van der Waals surface area contributed by atoms with Gasteiger partial charge in [-0.1, -0.05) is 180 Å². The molecule has 0 aliphatic heterocycles. The van der Waals surface area contributed by atoms with Gasteiger partial charge in [-0.25, -0.2) is 0 Å². The monoisotopic (exact) mass is 803 g/mol. The van der Waals surface area contributed by atoms with E-state index in [1.165, 1.54) is 141 Å². The van der Waals surface area contributed by atoms with Gasteiger partial charge in [0.25, 0.3) is 0 Å². The van der Waals surface area contributed by atoms with Gasteiger partial charge >= 0.3 is 11.9 Å². The lowest BCUT2D eigenvalue weighted by Gasteiger charge is -2.34. The summed E-state index contributed by atoms with van der Waals surface area (Å²) in [4.78, 5) is 25.0. The number of hydrogen-bond donors (Lipinski definition) is 0. The number of esters is 2. The van der Waals surface area contributed by atoms with Crippen molar-refractivity contribution in [2.24, 2.45) is 5.92 Å². The minimum Gasteiger partial charge on any atom is -0.466 e. The second kappa shape index (κ2) is 41.1. The molecule has 2 unspecified atom stereocenters. The summed E-state index contributed by atoms with van der Waals surface area (Å²) in [5.74, 6) is 0.287. The summed E-state index contributed by atoms with van der Waals surface area (Å²) < 4.78 is 17.8. The minimum atomic E-state index is -0.455. The van der Waals surface area contributed by atoms with E-state index < -0.39 is 5.60 Å². The first kappa shape index (κ1) is 55.4. The van der Waals surface area contributed by atoms with Gasteiger partial charge in [-0.3, -0.25) is 9.59 Å². The Morgan fingerprint density at radius 3 is 1.47 bits per heavy atom. The van der Waals surface area contributed by atoms with Crippen molar-refractivity contribution in [3.63, 3.8) is 0 Å². The molecule has 0 amide bonds. The van der Waals surface area contributed by atoms with Gasteiger partial charge < -0.3 is 14.2 Å². The highest BCUT2D eigenvalue weighted by molar-refractivity contribution is 5.70. The lowest BCUT2D eigenvalue weighted by Crippen LogP contribution is -2.36. The van der Waals surface area contributed by atoms with E-state index >= 15 is 0 Å². The molecule has 5 nitrogen and oxygen atoms in total. The van der Waals surface area contributed by atoms with Crippen LogP contribution >= 0.6 is 0 Å². The van der Waals surface area contributed by atoms with E-state index in [4.69, 9.17) is 14.2 Å². The predicted molar refractivity (Wildman–Crippen MR) is 247 cm³/mol. The fourth-order valence-electron chi connectivity index (χ4n) is 7.78. The molecule has 0 bridgehead atoms. The van der Waals surface area contributed by atoms with Crippen molar-refractivity contribution in [1.29, 1.82) is 0 Å². The largest absolute Gasteiger partial charge is 0.466 e. The highest BCUT2D eigenvalue weighted by atomic mass is 16.6. The van der Waals surface area contributed by atoms with Gasteiger partial charge in [0, 0.05) is 18.8 Å². The molecule has 2 atom stereocenters. The zero-order valence-corrected chi connectivity index (χ0v) is 39.3. The molecule has 0 fully saturated rings. The Balaban J connectivity index is 4.25. The number of ether oxygens (including phenoxy) is 3. The van der Waals surface area contributed by atoms with Gasteiger partial charge in [-0.05, 0) is 98.3 Å². The molecule has 0 radical (unpaired) electrons. The normalized spacial score (nSPS) is 13.3. The third-order valence-corrected chi connectivity index (χ3v) is 11.5. The average Bonchev–Trinajstić information content (AvgIpc) is 3.17. The Kier molecular flexibility index (Phi) is 40.0. The molecule has 0 rings (SSSR count). The summed E-state index contributed by atoms with van der Waals surface area (Å²) in [6, 6.07) is 0. The molecule has 57 heavy (non-hydrogen) atoms. The lowest BCUT2D eigenvalue weighted by molar-refractivity contribution is -0.162. The molecule has 0 saturated heterocycles. The van der Waals surface area contributed by atoms with Crippen molar-refractivity contribution in [1.82, 2.24) is 0 Å². The Hall–Kier alpha value is -1.62. The first-order valence-electron chi connectivity index (χ1n) is 25.0. The van der Waals surface area contributed by atoms with Crippen LogP contribution in [0.2, 0.25) is 0 Å². The Labute approximate surface area is 356 Å². The van der Waals surface area contributed by atoms with E-state index in [9.17, 15) is 9.59 Å². The number of carbonyl (C=O) groups excluding carboxylic acids is 2. The Bertz CT molecular complexity index is 937. The molecule has 0 aromatic carbocycles. The van der Waals surface area contributed by atoms with Crippen LogP contribution in [0.15, 0.2) is 24.3 Å². The van der Waals surface area contributed by atoms with E-state index in [0.717, 1.165) is 64.2 Å². The molecule has 0 aliphatic rings. The molecular formula is C52H98O5. The van der Waals surface area contributed by atoms with Crippen molar-refractivity contribution in [3.8, 4) is 0 Å². The molecule has 0 aromatic rings. The van der Waals surface area contributed by atoms with Crippen LogP contribution in [0.5, 0.6) is 0 Å². The molecular weight excluding hydrogens is 705 g/mol. The van der Waals surface area contributed by atoms with Gasteiger partial charge in [0.1, 0.15) is 5.60 Å². The second-order valence-electron chi connectivity index (χ2n) is 18.0. The quantitative estimate of drug-likeness (QED) is 0.0349. The topological polar surface area (TPSA) is 61.8 Å². The highest BCUT2D eigenvalue weighted by Crippen LogP contribution is 2.31. The van der Waals surface area contributed by atoms with Crippen molar-refractivity contribution in [2.45, 2.75) is 285 Å². The van der Waals surface area contributed by atoms with E-state index in [1.807, 2.05) is 0 Å². The predicted octanol–water partition coefficient (Wildman–Crippen LogP) is 16.7. The summed E-state index contributed by atoms with van der Waals surface area (Å²) in [5, 5.41) is 0. The van der Waals surface area contributed by atoms with E-state index in [-0.39, 0.29) is 11.9 Å². The molecule has 0 aliphatic carbocycles. The molecule has 0 heterocycles. The summed E-state index contributed by atoms with van der Waals surface area (Å²) in [5.41, 5.74) is -0.455. The summed E-state index contributed by atoms with van der Waals surface area (Å²) >= 11 is 0. The maximum atomic E-state index is 13.0. The average molecular weight is 803 g/mol. The molecule has 0 aromatic heterocycles. The molecule has 5 heteroatoms. The van der Waals surface area contributed by atoms with E-state index in [2.05, 4.69) is 72.8 Å². The van der Waals surface area contributed by atoms with Crippen LogP contribution < -0.4 is 0 Å². The lowest BCUT2D eigenvalue weighted by atomic mass is 9.83. The van der Waals surface area contributed by atoms with Gasteiger partial charge in [-0.2, -0.15) is 0 Å². The van der Waals surface area contributed by atoms with Crippen LogP contribution in [-0.2, 0) is 23.8 Å². The number of unbranched alkanes of at least 4 members (excludes halogenated alkanes) is 23. The standard InChI is InChI=1S/C52H98O5/c1-8-11-14-17-18-27-32-39-46-55-50(53)44-37-30-25-21-19-23-28-34-41-48(40-33-15-12-9-2)52(6,7)57-51(54)45-38-31-26-22-20-24-29-36-43-49(56-47(4)5)42-35-16-13-10-3/h28-29,34,36,47-49H,8-27,30-33,35,37-46H2,1-7H3/b34-28-,36-29-. The van der Waals surface area contributed by atoms with Gasteiger partial charge in [0.05, 0.1) is 18.8 Å². The van der Waals surface area contributed by atoms with Gasteiger partial charge in [0.2, 0.25) is 0 Å². The number of allylic oxidation sites excluding steroid dienone is 3. The number of hydrogen-bond acceptors (Lipinski definition) is 5. The van der Waals surface area contributed by atoms with Crippen molar-refractivity contribution in [2.75, 3.05) is 6.61 Å².